The Morgan fingerprint density at radius 2 is 2.00 bits per heavy atom. The van der Waals surface area contributed by atoms with Crippen molar-refractivity contribution in [1.29, 1.82) is 0 Å². The molecule has 1 atom stereocenters. The standard InChI is InChI=1S/C13H10BrClFNOS/c14-11-5-9(16)2-1-8(11)7-19(18)13-6-10(17)3-4-12(13)15/h1-6H,7,17H2. The molecule has 2 aromatic carbocycles. The van der Waals surface area contributed by atoms with Crippen LogP contribution in [-0.2, 0) is 16.6 Å². The van der Waals surface area contributed by atoms with Gasteiger partial charge in [0.25, 0.3) is 0 Å². The number of nitrogens with two attached hydrogens (primary N) is 1. The molecule has 2 rings (SSSR count). The van der Waals surface area contributed by atoms with Crippen molar-refractivity contribution in [3.8, 4) is 0 Å². The van der Waals surface area contributed by atoms with Crippen LogP contribution in [0.25, 0.3) is 0 Å². The van der Waals surface area contributed by atoms with E-state index in [1.807, 2.05) is 0 Å². The minimum atomic E-state index is -1.34. The monoisotopic (exact) mass is 361 g/mol. The van der Waals surface area contributed by atoms with Crippen molar-refractivity contribution in [3.05, 3.63) is 57.3 Å². The van der Waals surface area contributed by atoms with E-state index in [-0.39, 0.29) is 11.6 Å². The van der Waals surface area contributed by atoms with Gasteiger partial charge in [-0.15, -0.1) is 0 Å². The average molecular weight is 363 g/mol. The topological polar surface area (TPSA) is 43.1 Å². The Morgan fingerprint density at radius 3 is 2.68 bits per heavy atom. The highest BCUT2D eigenvalue weighted by atomic mass is 79.9. The molecule has 0 radical (unpaired) electrons. The van der Waals surface area contributed by atoms with Crippen LogP contribution < -0.4 is 5.73 Å². The Morgan fingerprint density at radius 1 is 1.26 bits per heavy atom. The van der Waals surface area contributed by atoms with Gasteiger partial charge in [0.15, 0.2) is 0 Å². The van der Waals surface area contributed by atoms with Crippen molar-refractivity contribution >= 4 is 44.0 Å². The zero-order valence-corrected chi connectivity index (χ0v) is 12.9. The summed E-state index contributed by atoms with van der Waals surface area (Å²) < 4.78 is 25.8. The lowest BCUT2D eigenvalue weighted by Gasteiger charge is -2.07. The van der Waals surface area contributed by atoms with Crippen LogP contribution in [0.3, 0.4) is 0 Å². The molecular weight excluding hydrogens is 353 g/mol. The fourth-order valence-corrected chi connectivity index (χ4v) is 3.85. The highest BCUT2D eigenvalue weighted by Crippen LogP contribution is 2.26. The van der Waals surface area contributed by atoms with E-state index in [1.165, 1.54) is 12.1 Å². The van der Waals surface area contributed by atoms with E-state index in [1.54, 1.807) is 24.3 Å². The molecule has 2 N–H and O–H groups in total. The normalized spacial score (nSPS) is 12.4. The van der Waals surface area contributed by atoms with Gasteiger partial charge in [-0.2, -0.15) is 0 Å². The number of rotatable bonds is 3. The zero-order chi connectivity index (χ0) is 14.0. The number of hydrogen-bond acceptors (Lipinski definition) is 2. The van der Waals surface area contributed by atoms with Crippen LogP contribution in [-0.4, -0.2) is 4.21 Å². The molecule has 2 aromatic rings. The lowest BCUT2D eigenvalue weighted by molar-refractivity contribution is 0.626. The third kappa shape index (κ3) is 3.55. The Bertz CT molecular complexity index is 651. The smallest absolute Gasteiger partial charge is 0.124 e. The quantitative estimate of drug-likeness (QED) is 0.834. The fourth-order valence-electron chi connectivity index (χ4n) is 1.55. The molecule has 1 unspecified atom stereocenters. The molecule has 0 heterocycles. The van der Waals surface area contributed by atoms with Gasteiger partial charge >= 0.3 is 0 Å². The van der Waals surface area contributed by atoms with E-state index >= 15 is 0 Å². The molecule has 6 heteroatoms. The maximum absolute atomic E-state index is 13.0. The van der Waals surface area contributed by atoms with Crippen LogP contribution >= 0.6 is 27.5 Å². The first-order valence-corrected chi connectivity index (χ1v) is 7.83. The summed E-state index contributed by atoms with van der Waals surface area (Å²) in [6, 6.07) is 9.12. The second-order valence-electron chi connectivity index (χ2n) is 3.92. The molecular formula is C13H10BrClFNOS. The SMILES string of the molecule is Nc1ccc(Cl)c(S(=O)Cc2ccc(F)cc2Br)c1. The average Bonchev–Trinajstić information content (AvgIpc) is 2.35. The number of halogens is 3. The maximum atomic E-state index is 13.0. The van der Waals surface area contributed by atoms with Gasteiger partial charge in [0, 0.05) is 10.2 Å². The van der Waals surface area contributed by atoms with Crippen molar-refractivity contribution in [1.82, 2.24) is 0 Å². The van der Waals surface area contributed by atoms with Crippen LogP contribution in [0.1, 0.15) is 5.56 Å². The Kier molecular flexibility index (Phi) is 4.60. The Hall–Kier alpha value is -0.910. The van der Waals surface area contributed by atoms with E-state index in [4.69, 9.17) is 17.3 Å². The number of nitrogen functional groups attached to an aromatic ring is 1. The molecule has 0 saturated heterocycles. The van der Waals surface area contributed by atoms with Crippen molar-refractivity contribution < 1.29 is 8.60 Å². The second kappa shape index (κ2) is 6.03. The van der Waals surface area contributed by atoms with Crippen LogP contribution in [0.5, 0.6) is 0 Å². The predicted octanol–water partition coefficient (Wildman–Crippen LogP) is 4.13. The van der Waals surface area contributed by atoms with Crippen molar-refractivity contribution in [2.24, 2.45) is 0 Å². The highest BCUT2D eigenvalue weighted by Gasteiger charge is 2.12. The van der Waals surface area contributed by atoms with Gasteiger partial charge < -0.3 is 5.73 Å². The molecule has 0 saturated carbocycles. The molecule has 100 valence electrons. The molecule has 0 spiro atoms. The lowest BCUT2D eigenvalue weighted by Crippen LogP contribution is -2.00. The molecule has 0 amide bonds. The largest absolute Gasteiger partial charge is 0.399 e. The summed E-state index contributed by atoms with van der Waals surface area (Å²) in [6.45, 7) is 0. The molecule has 0 aliphatic rings. The van der Waals surface area contributed by atoms with Crippen molar-refractivity contribution in [2.45, 2.75) is 10.6 Å². The van der Waals surface area contributed by atoms with Crippen LogP contribution in [0.2, 0.25) is 5.02 Å². The Labute approximate surface area is 126 Å². The first-order chi connectivity index (χ1) is 8.97. The van der Waals surface area contributed by atoms with E-state index in [0.29, 0.717) is 20.1 Å². The third-order valence-corrected chi connectivity index (χ3v) is 5.08. The number of benzene rings is 2. The predicted molar refractivity (Wildman–Crippen MR) is 80.1 cm³/mol. The van der Waals surface area contributed by atoms with Crippen molar-refractivity contribution in [3.63, 3.8) is 0 Å². The van der Waals surface area contributed by atoms with E-state index in [0.717, 1.165) is 5.56 Å². The first kappa shape index (κ1) is 14.5. The fraction of sp³-hybridized carbons (Fsp3) is 0.0769. The zero-order valence-electron chi connectivity index (χ0n) is 9.70. The minimum Gasteiger partial charge on any atom is -0.399 e. The first-order valence-electron chi connectivity index (χ1n) is 5.34. The third-order valence-electron chi connectivity index (χ3n) is 2.50. The molecule has 2 nitrogen and oxygen atoms in total. The van der Waals surface area contributed by atoms with Crippen LogP contribution in [0.4, 0.5) is 10.1 Å². The van der Waals surface area contributed by atoms with Crippen LogP contribution in [0.15, 0.2) is 45.8 Å². The molecule has 0 bridgehead atoms. The van der Waals surface area contributed by atoms with Gasteiger partial charge in [-0.25, -0.2) is 4.39 Å². The summed E-state index contributed by atoms with van der Waals surface area (Å²) in [5.74, 6) is -0.104. The van der Waals surface area contributed by atoms with Gasteiger partial charge in [-0.1, -0.05) is 33.6 Å². The molecule has 0 aliphatic heterocycles. The lowest BCUT2D eigenvalue weighted by atomic mass is 10.2. The molecule has 0 aromatic heterocycles. The second-order valence-corrected chi connectivity index (χ2v) is 6.60. The summed E-state index contributed by atoms with van der Waals surface area (Å²) in [7, 11) is -1.34. The summed E-state index contributed by atoms with van der Waals surface area (Å²) in [5, 5.41) is 0.408. The highest BCUT2D eigenvalue weighted by molar-refractivity contribution is 9.10. The molecule has 19 heavy (non-hydrogen) atoms. The summed E-state index contributed by atoms with van der Waals surface area (Å²) in [5.41, 5.74) is 6.91. The van der Waals surface area contributed by atoms with Gasteiger partial charge in [-0.05, 0) is 35.9 Å². The number of anilines is 1. The van der Waals surface area contributed by atoms with Crippen LogP contribution in [0, 0.1) is 5.82 Å². The summed E-state index contributed by atoms with van der Waals surface area (Å²) >= 11 is 9.25. The van der Waals surface area contributed by atoms with E-state index < -0.39 is 10.8 Å². The van der Waals surface area contributed by atoms with Gasteiger partial charge in [0.2, 0.25) is 0 Å². The molecule has 0 fully saturated rings. The molecule has 0 aliphatic carbocycles. The number of hydrogen-bond donors (Lipinski definition) is 1. The maximum Gasteiger partial charge on any atom is 0.124 e. The summed E-state index contributed by atoms with van der Waals surface area (Å²) in [4.78, 5) is 0.484. The minimum absolute atomic E-state index is 0.240. The van der Waals surface area contributed by atoms with E-state index in [9.17, 15) is 8.60 Å². The van der Waals surface area contributed by atoms with Gasteiger partial charge in [0.1, 0.15) is 5.82 Å². The van der Waals surface area contributed by atoms with Gasteiger partial charge in [-0.3, -0.25) is 4.21 Å². The van der Waals surface area contributed by atoms with Gasteiger partial charge in [0.05, 0.1) is 26.5 Å². The van der Waals surface area contributed by atoms with E-state index in [2.05, 4.69) is 15.9 Å². The summed E-state index contributed by atoms with van der Waals surface area (Å²) in [6.07, 6.45) is 0. The Balaban J connectivity index is 2.28. The van der Waals surface area contributed by atoms with Crippen molar-refractivity contribution in [2.75, 3.05) is 5.73 Å².